The molecule has 0 aliphatic rings. The molecule has 1 aromatic heterocycles. The third-order valence-electron chi connectivity index (χ3n) is 6.35. The summed E-state index contributed by atoms with van der Waals surface area (Å²) in [5, 5.41) is 38.2. The highest BCUT2D eigenvalue weighted by molar-refractivity contribution is 7.91. The highest BCUT2D eigenvalue weighted by Gasteiger charge is 2.36. The zero-order valence-electron chi connectivity index (χ0n) is 23.7. The van der Waals surface area contributed by atoms with Gasteiger partial charge < -0.3 is 26.2 Å². The van der Waals surface area contributed by atoms with Crippen molar-refractivity contribution in [2.45, 2.75) is 69.9 Å². The maximum atomic E-state index is 14.0. The molecule has 0 saturated carbocycles. The Bertz CT molecular complexity index is 1390. The summed E-state index contributed by atoms with van der Waals surface area (Å²) in [6, 6.07) is 2.56. The summed E-state index contributed by atoms with van der Waals surface area (Å²) in [6.07, 6.45) is -1.24. The molecule has 5 N–H and O–H groups in total. The van der Waals surface area contributed by atoms with Crippen LogP contribution in [0.5, 0.6) is 0 Å². The van der Waals surface area contributed by atoms with Crippen LogP contribution in [0.15, 0.2) is 42.7 Å². The van der Waals surface area contributed by atoms with Crippen LogP contribution in [0.4, 0.5) is 8.78 Å². The van der Waals surface area contributed by atoms with Gasteiger partial charge in [0.2, 0.25) is 11.8 Å². The summed E-state index contributed by atoms with van der Waals surface area (Å²) in [4.78, 5) is 41.8. The Hall–Kier alpha value is -4.00. The number of hydrogen-bond donors (Lipinski definition) is 5. The van der Waals surface area contributed by atoms with E-state index in [1.165, 1.54) is 24.5 Å². The van der Waals surface area contributed by atoms with Crippen LogP contribution in [0.25, 0.3) is 0 Å². The third-order valence-corrected chi connectivity index (χ3v) is 8.11. The van der Waals surface area contributed by atoms with Gasteiger partial charge in [-0.1, -0.05) is 13.3 Å². The van der Waals surface area contributed by atoms with E-state index in [1.54, 1.807) is 13.0 Å². The van der Waals surface area contributed by atoms with Crippen molar-refractivity contribution < 1.29 is 41.8 Å². The van der Waals surface area contributed by atoms with Crippen LogP contribution >= 0.6 is 0 Å². The van der Waals surface area contributed by atoms with E-state index in [0.29, 0.717) is 18.9 Å². The van der Waals surface area contributed by atoms with Crippen molar-refractivity contribution in [1.29, 1.82) is 5.26 Å². The van der Waals surface area contributed by atoms with Crippen LogP contribution < -0.4 is 16.0 Å². The standard InChI is InChI=1S/C28H35F2N5O7S/c1-3-4-10-43(41,42)16-24(35-27(39)19-6-5-9-32-15-19)28(40)34-23(13-18-11-20(29)14-21(30)12-18)26(38)25(37)22(7-8-31)33-17(2)36/h5-6,9,11-12,14-15,22-26,37-38H,3-4,7,10,13,16H2,1-2H3,(H,33,36)(H,34,40)(H,35,39)/t22-,23+,24-,25-,26-/m1/s1. The van der Waals surface area contributed by atoms with Crippen LogP contribution in [0.1, 0.15) is 49.0 Å². The summed E-state index contributed by atoms with van der Waals surface area (Å²) in [6.45, 7) is 2.89. The number of aliphatic hydroxyl groups excluding tert-OH is 2. The van der Waals surface area contributed by atoms with Gasteiger partial charge in [-0.25, -0.2) is 17.2 Å². The second-order valence-corrected chi connectivity index (χ2v) is 12.2. The Labute approximate surface area is 248 Å². The SMILES string of the molecule is CCCCS(=O)(=O)C[C@@H](NC(=O)c1cccnc1)C(=O)N[C@@H](Cc1cc(F)cc(F)c1)[C@@H](O)[C@H](O)[C@@H](CC#N)NC(C)=O. The first-order valence-corrected chi connectivity index (χ1v) is 15.2. The molecule has 12 nitrogen and oxygen atoms in total. The topological polar surface area (TPSA) is 199 Å². The fourth-order valence-corrected chi connectivity index (χ4v) is 5.88. The second kappa shape index (κ2) is 16.6. The second-order valence-electron chi connectivity index (χ2n) is 9.98. The van der Waals surface area contributed by atoms with Gasteiger partial charge in [0.15, 0.2) is 9.84 Å². The molecule has 0 unspecified atom stereocenters. The zero-order valence-corrected chi connectivity index (χ0v) is 24.5. The average Bonchev–Trinajstić information content (AvgIpc) is 2.94. The van der Waals surface area contributed by atoms with Crippen LogP contribution in [0, 0.1) is 23.0 Å². The van der Waals surface area contributed by atoms with Gasteiger partial charge in [0.05, 0.1) is 41.6 Å². The number of carbonyl (C=O) groups is 3. The molecule has 234 valence electrons. The number of hydrogen-bond acceptors (Lipinski definition) is 9. The number of nitrogens with zero attached hydrogens (tertiary/aromatic N) is 2. The molecule has 0 bridgehead atoms. The smallest absolute Gasteiger partial charge is 0.253 e. The van der Waals surface area contributed by atoms with Gasteiger partial charge in [0, 0.05) is 25.4 Å². The van der Waals surface area contributed by atoms with Gasteiger partial charge in [-0.3, -0.25) is 19.4 Å². The fourth-order valence-electron chi connectivity index (χ4n) is 4.24. The Kier molecular flexibility index (Phi) is 13.6. The molecular formula is C28H35F2N5O7S. The minimum Gasteiger partial charge on any atom is -0.388 e. The summed E-state index contributed by atoms with van der Waals surface area (Å²) < 4.78 is 53.5. The molecular weight excluding hydrogens is 588 g/mol. The molecule has 0 saturated heterocycles. The van der Waals surface area contributed by atoms with Gasteiger partial charge in [-0.15, -0.1) is 0 Å². The lowest BCUT2D eigenvalue weighted by atomic mass is 9.92. The van der Waals surface area contributed by atoms with E-state index in [-0.39, 0.29) is 16.9 Å². The van der Waals surface area contributed by atoms with Crippen molar-refractivity contribution in [2.75, 3.05) is 11.5 Å². The monoisotopic (exact) mass is 623 g/mol. The molecule has 0 spiro atoms. The maximum absolute atomic E-state index is 14.0. The lowest BCUT2D eigenvalue weighted by Crippen LogP contribution is -2.59. The Morgan fingerprint density at radius 2 is 1.70 bits per heavy atom. The maximum Gasteiger partial charge on any atom is 0.253 e. The van der Waals surface area contributed by atoms with Crippen LogP contribution in [0.3, 0.4) is 0 Å². The number of halogens is 2. The number of sulfone groups is 1. The molecule has 1 aromatic carbocycles. The summed E-state index contributed by atoms with van der Waals surface area (Å²) in [7, 11) is -3.88. The van der Waals surface area contributed by atoms with Crippen molar-refractivity contribution in [3.05, 3.63) is 65.5 Å². The van der Waals surface area contributed by atoms with E-state index in [9.17, 15) is 41.8 Å². The van der Waals surface area contributed by atoms with Gasteiger partial charge in [-0.2, -0.15) is 5.26 Å². The molecule has 3 amide bonds. The van der Waals surface area contributed by atoms with Crippen LogP contribution in [-0.4, -0.2) is 83.2 Å². The molecule has 0 radical (unpaired) electrons. The molecule has 1 heterocycles. The summed E-state index contributed by atoms with van der Waals surface area (Å²) in [5.74, 6) is -5.53. The van der Waals surface area contributed by atoms with Gasteiger partial charge in [-0.05, 0) is 42.7 Å². The van der Waals surface area contributed by atoms with E-state index in [4.69, 9.17) is 5.26 Å². The van der Waals surface area contributed by atoms with Gasteiger partial charge in [0.1, 0.15) is 29.9 Å². The van der Waals surface area contributed by atoms with Crippen LogP contribution in [-0.2, 0) is 25.8 Å². The van der Waals surface area contributed by atoms with Crippen molar-refractivity contribution in [2.24, 2.45) is 0 Å². The Morgan fingerprint density at radius 1 is 1.05 bits per heavy atom. The molecule has 0 aliphatic carbocycles. The van der Waals surface area contributed by atoms with Crippen LogP contribution in [0.2, 0.25) is 0 Å². The molecule has 2 rings (SSSR count). The molecule has 0 aliphatic heterocycles. The number of amides is 3. The highest BCUT2D eigenvalue weighted by Crippen LogP contribution is 2.16. The zero-order chi connectivity index (χ0) is 32.2. The Balaban J connectivity index is 2.45. The number of unbranched alkanes of at least 4 members (excludes halogenated alkanes) is 1. The number of pyridine rings is 1. The lowest BCUT2D eigenvalue weighted by Gasteiger charge is -2.33. The largest absolute Gasteiger partial charge is 0.388 e. The molecule has 15 heteroatoms. The van der Waals surface area contributed by atoms with Crippen molar-refractivity contribution in [1.82, 2.24) is 20.9 Å². The average molecular weight is 624 g/mol. The van der Waals surface area contributed by atoms with Gasteiger partial charge in [0.25, 0.3) is 5.91 Å². The molecule has 0 fully saturated rings. The fraction of sp³-hybridized carbons (Fsp3) is 0.464. The van der Waals surface area contributed by atoms with E-state index in [0.717, 1.165) is 19.1 Å². The van der Waals surface area contributed by atoms with E-state index >= 15 is 0 Å². The third kappa shape index (κ3) is 11.7. The normalized spacial score (nSPS) is 14.8. The number of nitriles is 1. The molecule has 5 atom stereocenters. The first-order valence-electron chi connectivity index (χ1n) is 13.4. The van der Waals surface area contributed by atoms with Crippen molar-refractivity contribution in [3.63, 3.8) is 0 Å². The predicted molar refractivity (Wildman–Crippen MR) is 151 cm³/mol. The minimum absolute atomic E-state index is 0.0307. The number of nitrogens with one attached hydrogen (secondary N) is 3. The summed E-state index contributed by atoms with van der Waals surface area (Å²) in [5.41, 5.74) is -0.0138. The molecule has 2 aromatic rings. The van der Waals surface area contributed by atoms with Crippen molar-refractivity contribution in [3.8, 4) is 6.07 Å². The number of benzene rings is 1. The molecule has 43 heavy (non-hydrogen) atoms. The quantitative estimate of drug-likeness (QED) is 0.177. The first kappa shape index (κ1) is 35.2. The number of aromatic nitrogens is 1. The number of rotatable bonds is 16. The number of carbonyl (C=O) groups excluding carboxylic acids is 3. The summed E-state index contributed by atoms with van der Waals surface area (Å²) >= 11 is 0. The number of aliphatic hydroxyl groups is 2. The van der Waals surface area contributed by atoms with Gasteiger partial charge >= 0.3 is 0 Å². The van der Waals surface area contributed by atoms with E-state index in [1.807, 2.05) is 0 Å². The van der Waals surface area contributed by atoms with E-state index < -0.39 is 88.1 Å². The van der Waals surface area contributed by atoms with E-state index in [2.05, 4.69) is 20.9 Å². The first-order chi connectivity index (χ1) is 20.3. The van der Waals surface area contributed by atoms with Crippen molar-refractivity contribution >= 4 is 27.6 Å². The Morgan fingerprint density at radius 3 is 2.26 bits per heavy atom. The highest BCUT2D eigenvalue weighted by atomic mass is 32.2. The minimum atomic E-state index is -3.88. The predicted octanol–water partition coefficient (Wildman–Crippen LogP) is 0.541. The lowest BCUT2D eigenvalue weighted by molar-refractivity contribution is -0.126.